The van der Waals surface area contributed by atoms with Crippen LogP contribution in [0.25, 0.3) is 0 Å². The number of aryl methyl sites for hydroxylation is 1. The Morgan fingerprint density at radius 2 is 2.05 bits per heavy atom. The number of anilines is 1. The number of ether oxygens (including phenoxy) is 2. The molecule has 6 heteroatoms. The fourth-order valence-electron chi connectivity index (χ4n) is 2.28. The monoisotopic (exact) mass is 317 g/mol. The van der Waals surface area contributed by atoms with E-state index in [-0.39, 0.29) is 5.56 Å². The zero-order chi connectivity index (χ0) is 15.9. The molecule has 3 rings (SSSR count). The van der Waals surface area contributed by atoms with Gasteiger partial charge in [0.05, 0.1) is 23.9 Å². The molecule has 1 aliphatic heterocycles. The molecule has 2 aromatic carbocycles. The van der Waals surface area contributed by atoms with E-state index < -0.39 is 11.9 Å². The second-order valence-corrected chi connectivity index (χ2v) is 5.26. The number of rotatable bonds is 1. The smallest absolute Gasteiger partial charge is 0.340 e. The van der Waals surface area contributed by atoms with Crippen molar-refractivity contribution in [2.24, 2.45) is 0 Å². The zero-order valence-corrected chi connectivity index (χ0v) is 12.7. The van der Waals surface area contributed by atoms with Crippen molar-refractivity contribution in [3.63, 3.8) is 0 Å². The molecule has 5 nitrogen and oxygen atoms in total. The van der Waals surface area contributed by atoms with E-state index in [1.165, 1.54) is 13.2 Å². The second-order valence-electron chi connectivity index (χ2n) is 4.82. The number of carbonyl (C=O) groups excluding carboxylic acids is 2. The summed E-state index contributed by atoms with van der Waals surface area (Å²) >= 11 is 5.93. The summed E-state index contributed by atoms with van der Waals surface area (Å²) in [5.41, 5.74) is 1.61. The van der Waals surface area contributed by atoms with Gasteiger partial charge in [-0.05, 0) is 36.8 Å². The Morgan fingerprint density at radius 3 is 2.77 bits per heavy atom. The maximum Gasteiger partial charge on any atom is 0.340 e. The Kier molecular flexibility index (Phi) is 3.50. The first-order valence-corrected chi connectivity index (χ1v) is 6.89. The van der Waals surface area contributed by atoms with Crippen molar-refractivity contribution in [1.29, 1.82) is 0 Å². The fourth-order valence-corrected chi connectivity index (χ4v) is 2.45. The maximum absolute atomic E-state index is 12.4. The van der Waals surface area contributed by atoms with Crippen LogP contribution in [0.4, 0.5) is 5.69 Å². The van der Waals surface area contributed by atoms with Crippen LogP contribution in [-0.2, 0) is 4.74 Å². The molecule has 0 aliphatic carbocycles. The number of nitrogens with one attached hydrogen (secondary N) is 1. The van der Waals surface area contributed by atoms with E-state index in [2.05, 4.69) is 5.32 Å². The minimum absolute atomic E-state index is 0.232. The van der Waals surface area contributed by atoms with Crippen molar-refractivity contribution >= 4 is 29.2 Å². The Labute approximate surface area is 131 Å². The van der Waals surface area contributed by atoms with Gasteiger partial charge in [-0.15, -0.1) is 0 Å². The van der Waals surface area contributed by atoms with Crippen molar-refractivity contribution in [2.75, 3.05) is 12.4 Å². The van der Waals surface area contributed by atoms with Crippen LogP contribution in [0.5, 0.6) is 11.5 Å². The molecule has 0 saturated heterocycles. The maximum atomic E-state index is 12.4. The molecule has 1 amide bonds. The quantitative estimate of drug-likeness (QED) is 0.813. The van der Waals surface area contributed by atoms with Gasteiger partial charge in [0.2, 0.25) is 0 Å². The molecule has 0 bridgehead atoms. The summed E-state index contributed by atoms with van der Waals surface area (Å²) in [6.07, 6.45) is 0. The Balaban J connectivity index is 2.21. The van der Waals surface area contributed by atoms with E-state index in [4.69, 9.17) is 21.1 Å². The van der Waals surface area contributed by atoms with Crippen molar-refractivity contribution in [1.82, 2.24) is 0 Å². The van der Waals surface area contributed by atoms with Gasteiger partial charge in [-0.1, -0.05) is 17.7 Å². The molecule has 0 radical (unpaired) electrons. The lowest BCUT2D eigenvalue weighted by Gasteiger charge is -2.13. The van der Waals surface area contributed by atoms with Crippen LogP contribution in [0, 0.1) is 6.92 Å². The lowest BCUT2D eigenvalue weighted by molar-refractivity contribution is 0.0601. The number of methoxy groups -OCH3 is 1. The third-order valence-electron chi connectivity index (χ3n) is 3.40. The number of benzene rings is 2. The topological polar surface area (TPSA) is 64.6 Å². The van der Waals surface area contributed by atoms with Crippen LogP contribution in [-0.4, -0.2) is 19.0 Å². The van der Waals surface area contributed by atoms with Gasteiger partial charge in [0.1, 0.15) is 5.75 Å². The molecule has 2 aromatic rings. The molecule has 1 aliphatic rings. The summed E-state index contributed by atoms with van der Waals surface area (Å²) in [4.78, 5) is 24.3. The van der Waals surface area contributed by atoms with E-state index in [0.717, 1.165) is 5.56 Å². The number of amides is 1. The standard InChI is InChI=1S/C16H12ClNO4/c1-8-3-5-10(16(20)21-2)13-14(8)22-12-6-4-9(17)7-11(12)15(19)18-13/h3-7H,1-2H3,(H,18,19). The predicted octanol–water partition coefficient (Wildman–Crippen LogP) is 3.79. The third kappa shape index (κ3) is 2.29. The van der Waals surface area contributed by atoms with Gasteiger partial charge >= 0.3 is 5.97 Å². The van der Waals surface area contributed by atoms with Crippen LogP contribution in [0.1, 0.15) is 26.3 Å². The Hall–Kier alpha value is -2.53. The van der Waals surface area contributed by atoms with Crippen LogP contribution in [0.2, 0.25) is 5.02 Å². The molecule has 0 aromatic heterocycles. The SMILES string of the molecule is COC(=O)c1ccc(C)c2c1NC(=O)c1cc(Cl)ccc1O2. The van der Waals surface area contributed by atoms with Crippen molar-refractivity contribution in [2.45, 2.75) is 6.92 Å². The molecule has 1 N–H and O–H groups in total. The predicted molar refractivity (Wildman–Crippen MR) is 82.0 cm³/mol. The van der Waals surface area contributed by atoms with Gasteiger partial charge in [0.15, 0.2) is 5.75 Å². The largest absolute Gasteiger partial charge is 0.465 e. The van der Waals surface area contributed by atoms with E-state index >= 15 is 0 Å². The Bertz CT molecular complexity index is 801. The summed E-state index contributed by atoms with van der Waals surface area (Å²) in [5.74, 6) is -0.153. The van der Waals surface area contributed by atoms with E-state index in [1.807, 2.05) is 6.92 Å². The lowest BCUT2D eigenvalue weighted by atomic mass is 10.1. The lowest BCUT2D eigenvalue weighted by Crippen LogP contribution is -2.14. The molecule has 0 spiro atoms. The summed E-state index contributed by atoms with van der Waals surface area (Å²) in [6, 6.07) is 8.10. The summed E-state index contributed by atoms with van der Waals surface area (Å²) in [7, 11) is 1.28. The summed E-state index contributed by atoms with van der Waals surface area (Å²) in [5, 5.41) is 3.13. The highest BCUT2D eigenvalue weighted by Gasteiger charge is 2.26. The number of carbonyl (C=O) groups is 2. The van der Waals surface area contributed by atoms with Gasteiger partial charge < -0.3 is 14.8 Å². The second kappa shape index (κ2) is 5.35. The minimum atomic E-state index is -0.552. The molecule has 0 saturated carbocycles. The van der Waals surface area contributed by atoms with Crippen LogP contribution in [0.15, 0.2) is 30.3 Å². The Morgan fingerprint density at radius 1 is 1.27 bits per heavy atom. The molecule has 0 unspecified atom stereocenters. The van der Waals surface area contributed by atoms with Crippen LogP contribution < -0.4 is 10.1 Å². The molecule has 1 heterocycles. The van der Waals surface area contributed by atoms with Gasteiger partial charge in [-0.2, -0.15) is 0 Å². The van der Waals surface area contributed by atoms with E-state index in [9.17, 15) is 9.59 Å². The molecule has 0 atom stereocenters. The number of fused-ring (bicyclic) bond motifs is 2. The normalized spacial score (nSPS) is 12.4. The average Bonchev–Trinajstić information content (AvgIpc) is 2.64. The molecule has 112 valence electrons. The van der Waals surface area contributed by atoms with E-state index in [0.29, 0.717) is 27.8 Å². The van der Waals surface area contributed by atoms with Crippen LogP contribution >= 0.6 is 11.6 Å². The highest BCUT2D eigenvalue weighted by molar-refractivity contribution is 6.31. The molecular formula is C16H12ClNO4. The van der Waals surface area contributed by atoms with Gasteiger partial charge in [-0.3, -0.25) is 4.79 Å². The minimum Gasteiger partial charge on any atom is -0.465 e. The highest BCUT2D eigenvalue weighted by Crippen LogP contribution is 2.40. The van der Waals surface area contributed by atoms with E-state index in [1.54, 1.807) is 24.3 Å². The third-order valence-corrected chi connectivity index (χ3v) is 3.63. The van der Waals surface area contributed by atoms with Crippen molar-refractivity contribution in [3.8, 4) is 11.5 Å². The first-order valence-electron chi connectivity index (χ1n) is 6.52. The van der Waals surface area contributed by atoms with Gasteiger partial charge in [0.25, 0.3) is 5.91 Å². The number of esters is 1. The zero-order valence-electron chi connectivity index (χ0n) is 11.9. The first kappa shape index (κ1) is 14.4. The van der Waals surface area contributed by atoms with Gasteiger partial charge in [-0.25, -0.2) is 4.79 Å². The number of hydrogen-bond acceptors (Lipinski definition) is 4. The van der Waals surface area contributed by atoms with Crippen molar-refractivity contribution < 1.29 is 19.1 Å². The fraction of sp³-hybridized carbons (Fsp3) is 0.125. The summed E-state index contributed by atoms with van der Waals surface area (Å²) < 4.78 is 10.6. The van der Waals surface area contributed by atoms with Crippen LogP contribution in [0.3, 0.4) is 0 Å². The van der Waals surface area contributed by atoms with Crippen molar-refractivity contribution in [3.05, 3.63) is 52.0 Å². The highest BCUT2D eigenvalue weighted by atomic mass is 35.5. The average molecular weight is 318 g/mol. The molecule has 22 heavy (non-hydrogen) atoms. The molecule has 0 fully saturated rings. The summed E-state index contributed by atoms with van der Waals surface area (Å²) in [6.45, 7) is 1.83. The molecular weight excluding hydrogens is 306 g/mol. The number of hydrogen-bond donors (Lipinski definition) is 1. The first-order chi connectivity index (χ1) is 10.5. The van der Waals surface area contributed by atoms with Gasteiger partial charge in [0, 0.05) is 5.02 Å². The number of halogens is 1.